The Hall–Kier alpha value is -3.31. The molecule has 2 amide bonds. The van der Waals surface area contributed by atoms with Gasteiger partial charge in [-0.1, -0.05) is 31.4 Å². The molecule has 0 bridgehead atoms. The first kappa shape index (κ1) is 26.7. The van der Waals surface area contributed by atoms with E-state index >= 15 is 0 Å². The van der Waals surface area contributed by atoms with Gasteiger partial charge in [-0.3, -0.25) is 28.9 Å². The van der Waals surface area contributed by atoms with Crippen LogP contribution in [0.5, 0.6) is 0 Å². The Morgan fingerprint density at radius 1 is 0.865 bits per heavy atom. The minimum atomic E-state index is -1.34. The molecule has 1 aliphatic carbocycles. The highest BCUT2D eigenvalue weighted by atomic mass is 16.7. The van der Waals surface area contributed by atoms with Crippen molar-refractivity contribution in [3.8, 4) is 0 Å². The topological polar surface area (TPSA) is 135 Å². The molecule has 1 saturated carbocycles. The van der Waals surface area contributed by atoms with Gasteiger partial charge in [-0.15, -0.1) is 0 Å². The molecule has 200 valence electrons. The lowest BCUT2D eigenvalue weighted by Crippen LogP contribution is -2.68. The van der Waals surface area contributed by atoms with Crippen molar-refractivity contribution in [3.63, 3.8) is 0 Å². The monoisotopic (exact) mass is 517 g/mol. The Bertz CT molecular complexity index is 1030. The van der Waals surface area contributed by atoms with Crippen molar-refractivity contribution in [2.24, 2.45) is 0 Å². The van der Waals surface area contributed by atoms with E-state index in [-0.39, 0.29) is 23.8 Å². The molecule has 1 saturated heterocycles. The fraction of sp³-hybridized carbons (Fsp3) is 0.577. The van der Waals surface area contributed by atoms with Crippen molar-refractivity contribution in [2.45, 2.75) is 89.6 Å². The third-order valence-electron chi connectivity index (χ3n) is 6.67. The molecular formula is C26H31NO10. The second-order valence-electron chi connectivity index (χ2n) is 9.41. The second kappa shape index (κ2) is 11.4. The summed E-state index contributed by atoms with van der Waals surface area (Å²) in [5, 5.41) is 0. The summed E-state index contributed by atoms with van der Waals surface area (Å²) in [7, 11) is 0. The standard InChI is InChI=1S/C26H31NO10/c1-14(28)33-13-20-22(34-15(2)29)23(35-16(3)30)21(26(37-20)36-17-9-5-4-6-10-17)27-24(31)18-11-7-8-12-19(18)25(27)32/h7-8,11-12,17,20-23,26H,4-6,9-10,13H2,1-3H3/t20-,21-,22-,23-,26-/m1/s1. The number of benzene rings is 1. The summed E-state index contributed by atoms with van der Waals surface area (Å²) in [6.45, 7) is 3.21. The van der Waals surface area contributed by atoms with E-state index in [9.17, 15) is 24.0 Å². The number of carbonyl (C=O) groups excluding carboxylic acids is 5. The molecule has 5 atom stereocenters. The molecule has 0 unspecified atom stereocenters. The van der Waals surface area contributed by atoms with E-state index in [2.05, 4.69) is 0 Å². The van der Waals surface area contributed by atoms with Crippen LogP contribution in [0.1, 0.15) is 73.6 Å². The number of ether oxygens (including phenoxy) is 5. The summed E-state index contributed by atoms with van der Waals surface area (Å²) in [6.07, 6.45) is -0.748. The molecule has 3 aliphatic rings. The molecule has 0 N–H and O–H groups in total. The molecule has 2 heterocycles. The molecule has 11 nitrogen and oxygen atoms in total. The number of hydrogen-bond donors (Lipinski definition) is 0. The molecule has 2 fully saturated rings. The fourth-order valence-electron chi connectivity index (χ4n) is 5.14. The Labute approximate surface area is 214 Å². The van der Waals surface area contributed by atoms with Gasteiger partial charge >= 0.3 is 17.9 Å². The van der Waals surface area contributed by atoms with E-state index in [0.717, 1.165) is 50.9 Å². The largest absolute Gasteiger partial charge is 0.463 e. The lowest BCUT2D eigenvalue weighted by atomic mass is 9.93. The van der Waals surface area contributed by atoms with E-state index in [1.54, 1.807) is 12.1 Å². The number of carbonyl (C=O) groups is 5. The highest BCUT2D eigenvalue weighted by Crippen LogP contribution is 2.37. The fourth-order valence-corrected chi connectivity index (χ4v) is 5.14. The Kier molecular flexibility index (Phi) is 8.23. The van der Waals surface area contributed by atoms with Gasteiger partial charge in [-0.2, -0.15) is 0 Å². The summed E-state index contributed by atoms with van der Waals surface area (Å²) in [6, 6.07) is 5.08. The van der Waals surface area contributed by atoms with Crippen molar-refractivity contribution in [2.75, 3.05) is 6.61 Å². The second-order valence-corrected chi connectivity index (χ2v) is 9.41. The quantitative estimate of drug-likeness (QED) is 0.301. The first-order valence-electron chi connectivity index (χ1n) is 12.4. The Morgan fingerprint density at radius 3 is 1.97 bits per heavy atom. The van der Waals surface area contributed by atoms with Crippen molar-refractivity contribution in [1.29, 1.82) is 0 Å². The minimum absolute atomic E-state index is 0.191. The maximum atomic E-state index is 13.5. The molecule has 0 spiro atoms. The van der Waals surface area contributed by atoms with Gasteiger partial charge in [0.2, 0.25) is 0 Å². The van der Waals surface area contributed by atoms with Crippen LogP contribution in [0, 0.1) is 0 Å². The number of nitrogens with zero attached hydrogens (tertiary/aromatic N) is 1. The molecule has 37 heavy (non-hydrogen) atoms. The molecule has 2 aliphatic heterocycles. The third kappa shape index (κ3) is 5.83. The SMILES string of the molecule is CC(=O)OC[C@H]1O[C@@H](OC2CCCCC2)[C@H](N2C(=O)c3ccccc3C2=O)[C@@H](OC(C)=O)[C@@H]1OC(C)=O. The summed E-state index contributed by atoms with van der Waals surface area (Å²) < 4.78 is 28.7. The van der Waals surface area contributed by atoms with Crippen molar-refractivity contribution in [1.82, 2.24) is 4.90 Å². The zero-order valence-corrected chi connectivity index (χ0v) is 21.0. The summed E-state index contributed by atoms with van der Waals surface area (Å²) in [5.74, 6) is -3.26. The highest BCUT2D eigenvalue weighted by Gasteiger charge is 2.57. The van der Waals surface area contributed by atoms with E-state index in [4.69, 9.17) is 23.7 Å². The maximum absolute atomic E-state index is 13.5. The minimum Gasteiger partial charge on any atom is -0.463 e. The van der Waals surface area contributed by atoms with Gasteiger partial charge in [0.1, 0.15) is 18.8 Å². The summed E-state index contributed by atoms with van der Waals surface area (Å²) >= 11 is 0. The Morgan fingerprint density at radius 2 is 1.43 bits per heavy atom. The van der Waals surface area contributed by atoms with E-state index in [1.165, 1.54) is 19.1 Å². The van der Waals surface area contributed by atoms with Gasteiger partial charge in [0.25, 0.3) is 11.8 Å². The van der Waals surface area contributed by atoms with Gasteiger partial charge in [0, 0.05) is 20.8 Å². The normalized spacial score (nSPS) is 28.0. The molecular weight excluding hydrogens is 486 g/mol. The number of rotatable bonds is 7. The van der Waals surface area contributed by atoms with Crippen LogP contribution in [-0.2, 0) is 38.1 Å². The van der Waals surface area contributed by atoms with E-state index in [1.807, 2.05) is 0 Å². The average Bonchev–Trinajstić information content (AvgIpc) is 3.10. The number of fused-ring (bicyclic) bond motifs is 1. The van der Waals surface area contributed by atoms with Gasteiger partial charge in [0.05, 0.1) is 17.2 Å². The first-order chi connectivity index (χ1) is 17.7. The van der Waals surface area contributed by atoms with Crippen LogP contribution < -0.4 is 0 Å². The van der Waals surface area contributed by atoms with Crippen LogP contribution in [0.4, 0.5) is 0 Å². The number of hydrogen-bond acceptors (Lipinski definition) is 10. The summed E-state index contributed by atoms with van der Waals surface area (Å²) in [5.41, 5.74) is 0.383. The third-order valence-corrected chi connectivity index (χ3v) is 6.67. The zero-order chi connectivity index (χ0) is 26.7. The van der Waals surface area contributed by atoms with Gasteiger partial charge in [0.15, 0.2) is 18.5 Å². The lowest BCUT2D eigenvalue weighted by Gasteiger charge is -2.48. The van der Waals surface area contributed by atoms with Gasteiger partial charge < -0.3 is 23.7 Å². The van der Waals surface area contributed by atoms with Crippen molar-refractivity contribution in [3.05, 3.63) is 35.4 Å². The lowest BCUT2D eigenvalue weighted by molar-refractivity contribution is -0.297. The van der Waals surface area contributed by atoms with Crippen LogP contribution in [0.25, 0.3) is 0 Å². The van der Waals surface area contributed by atoms with Crippen LogP contribution in [0.3, 0.4) is 0 Å². The van der Waals surface area contributed by atoms with Crippen LogP contribution in [0.15, 0.2) is 24.3 Å². The molecule has 11 heteroatoms. The molecule has 4 rings (SSSR count). The molecule has 0 radical (unpaired) electrons. The van der Waals surface area contributed by atoms with Crippen LogP contribution in [-0.4, -0.2) is 78.0 Å². The molecule has 0 aromatic heterocycles. The number of amides is 2. The van der Waals surface area contributed by atoms with Crippen molar-refractivity contribution < 1.29 is 47.7 Å². The maximum Gasteiger partial charge on any atom is 0.303 e. The molecule has 1 aromatic carbocycles. The van der Waals surface area contributed by atoms with Crippen molar-refractivity contribution >= 4 is 29.7 Å². The number of imide groups is 1. The van der Waals surface area contributed by atoms with Gasteiger partial charge in [-0.25, -0.2) is 0 Å². The first-order valence-corrected chi connectivity index (χ1v) is 12.4. The molecule has 1 aromatic rings. The highest BCUT2D eigenvalue weighted by molar-refractivity contribution is 6.21. The predicted molar refractivity (Wildman–Crippen MR) is 125 cm³/mol. The smallest absolute Gasteiger partial charge is 0.303 e. The summed E-state index contributed by atoms with van der Waals surface area (Å²) in [4.78, 5) is 63.8. The van der Waals surface area contributed by atoms with E-state index < -0.39 is 60.4 Å². The Balaban J connectivity index is 1.77. The van der Waals surface area contributed by atoms with Crippen LogP contribution >= 0.6 is 0 Å². The van der Waals surface area contributed by atoms with Gasteiger partial charge in [-0.05, 0) is 25.0 Å². The van der Waals surface area contributed by atoms with Crippen LogP contribution in [0.2, 0.25) is 0 Å². The average molecular weight is 518 g/mol. The predicted octanol–water partition coefficient (Wildman–Crippen LogP) is 2.15. The number of esters is 3. The van der Waals surface area contributed by atoms with E-state index in [0.29, 0.717) is 0 Å². The zero-order valence-electron chi connectivity index (χ0n) is 21.0.